The van der Waals surface area contributed by atoms with Gasteiger partial charge >= 0.3 is 0 Å². The zero-order valence-corrected chi connectivity index (χ0v) is 11.0. The van der Waals surface area contributed by atoms with Gasteiger partial charge in [-0.2, -0.15) is 0 Å². The van der Waals surface area contributed by atoms with Gasteiger partial charge in [0, 0.05) is 45.6 Å². The van der Waals surface area contributed by atoms with E-state index in [4.69, 9.17) is 9.47 Å². The minimum Gasteiger partial charge on any atom is -0.353 e. The van der Waals surface area contributed by atoms with E-state index >= 15 is 0 Å². The van der Waals surface area contributed by atoms with E-state index in [-0.39, 0.29) is 6.29 Å². The molecule has 0 saturated heterocycles. The Balaban J connectivity index is 2.15. The lowest BCUT2D eigenvalue weighted by Gasteiger charge is -2.16. The normalized spacial score (nSPS) is 11.3. The van der Waals surface area contributed by atoms with Gasteiger partial charge in [-0.1, -0.05) is 0 Å². The molecular weight excluding hydrogens is 218 g/mol. The number of aryl methyl sites for hydroxylation is 1. The van der Waals surface area contributed by atoms with Gasteiger partial charge in [0.1, 0.15) is 5.82 Å². The summed E-state index contributed by atoms with van der Waals surface area (Å²) in [4.78, 5) is 4.24. The fourth-order valence-electron chi connectivity index (χ4n) is 1.57. The van der Waals surface area contributed by atoms with Crippen molar-refractivity contribution in [3.63, 3.8) is 0 Å². The summed E-state index contributed by atoms with van der Waals surface area (Å²) in [5, 5.41) is 3.33. The Labute approximate surface area is 103 Å². The average molecular weight is 241 g/mol. The summed E-state index contributed by atoms with van der Waals surface area (Å²) in [7, 11) is 1.99. The quantitative estimate of drug-likeness (QED) is 0.523. The van der Waals surface area contributed by atoms with Crippen molar-refractivity contribution in [2.75, 3.05) is 19.8 Å². The summed E-state index contributed by atoms with van der Waals surface area (Å²) in [6.07, 6.45) is 4.51. The molecule has 1 aromatic heterocycles. The summed E-state index contributed by atoms with van der Waals surface area (Å²) in [6, 6.07) is 0. The van der Waals surface area contributed by atoms with Crippen molar-refractivity contribution in [2.24, 2.45) is 7.05 Å². The van der Waals surface area contributed by atoms with Crippen LogP contribution in [0.25, 0.3) is 0 Å². The van der Waals surface area contributed by atoms with Crippen molar-refractivity contribution < 1.29 is 9.47 Å². The maximum absolute atomic E-state index is 5.46. The van der Waals surface area contributed by atoms with Gasteiger partial charge in [0.2, 0.25) is 0 Å². The zero-order valence-electron chi connectivity index (χ0n) is 11.0. The molecule has 0 unspecified atom stereocenters. The van der Waals surface area contributed by atoms with Crippen LogP contribution in [0.2, 0.25) is 0 Å². The van der Waals surface area contributed by atoms with Gasteiger partial charge in [-0.3, -0.25) is 0 Å². The van der Waals surface area contributed by atoms with Crippen LogP contribution < -0.4 is 5.32 Å². The highest BCUT2D eigenvalue weighted by Crippen LogP contribution is 2.00. The smallest absolute Gasteiger partial charge is 0.158 e. The second-order valence-corrected chi connectivity index (χ2v) is 3.76. The van der Waals surface area contributed by atoms with Crippen molar-refractivity contribution in [3.8, 4) is 0 Å². The standard InChI is InChI=1S/C12H23N3O2/c1-4-16-12(17-5-2)6-7-13-10-11-14-8-9-15(11)3/h8-9,12-13H,4-7,10H2,1-3H3. The topological polar surface area (TPSA) is 48.3 Å². The Kier molecular flexibility index (Phi) is 6.84. The molecule has 1 rings (SSSR count). The fraction of sp³-hybridized carbons (Fsp3) is 0.750. The molecule has 1 N–H and O–H groups in total. The Morgan fingerprint density at radius 2 is 2.06 bits per heavy atom. The third-order valence-corrected chi connectivity index (χ3v) is 2.47. The predicted octanol–water partition coefficient (Wildman–Crippen LogP) is 1.30. The average Bonchev–Trinajstić information content (AvgIpc) is 2.71. The van der Waals surface area contributed by atoms with E-state index in [0.29, 0.717) is 13.2 Å². The summed E-state index contributed by atoms with van der Waals surface area (Å²) in [5.74, 6) is 1.04. The summed E-state index contributed by atoms with van der Waals surface area (Å²) >= 11 is 0. The first-order valence-corrected chi connectivity index (χ1v) is 6.18. The van der Waals surface area contributed by atoms with E-state index in [1.807, 2.05) is 31.7 Å². The Morgan fingerprint density at radius 1 is 1.35 bits per heavy atom. The minimum absolute atomic E-state index is 0.0983. The SMILES string of the molecule is CCOC(CCNCc1nccn1C)OCC. The molecule has 0 aromatic carbocycles. The molecule has 5 nitrogen and oxygen atoms in total. The first-order chi connectivity index (χ1) is 8.27. The Hall–Kier alpha value is -0.910. The molecule has 0 aliphatic heterocycles. The van der Waals surface area contributed by atoms with Crippen molar-refractivity contribution in [2.45, 2.75) is 33.1 Å². The molecule has 17 heavy (non-hydrogen) atoms. The maximum atomic E-state index is 5.46. The van der Waals surface area contributed by atoms with Crippen LogP contribution >= 0.6 is 0 Å². The molecule has 0 saturated carbocycles. The van der Waals surface area contributed by atoms with Gasteiger partial charge in [0.15, 0.2) is 6.29 Å². The third-order valence-electron chi connectivity index (χ3n) is 2.47. The lowest BCUT2D eigenvalue weighted by molar-refractivity contribution is -0.138. The van der Waals surface area contributed by atoms with Gasteiger partial charge in [-0.15, -0.1) is 0 Å². The number of imidazole rings is 1. The van der Waals surface area contributed by atoms with Crippen LogP contribution in [-0.4, -0.2) is 35.6 Å². The molecule has 0 spiro atoms. The molecule has 0 atom stereocenters. The van der Waals surface area contributed by atoms with Gasteiger partial charge in [-0.05, 0) is 13.8 Å². The third kappa shape index (κ3) is 5.30. The second kappa shape index (κ2) is 8.22. The van der Waals surface area contributed by atoms with Crippen LogP contribution in [-0.2, 0) is 23.1 Å². The van der Waals surface area contributed by atoms with Crippen LogP contribution in [0.15, 0.2) is 12.4 Å². The highest BCUT2D eigenvalue weighted by molar-refractivity contribution is 4.90. The van der Waals surface area contributed by atoms with E-state index in [1.165, 1.54) is 0 Å². The molecule has 1 aromatic rings. The Bertz CT molecular complexity index is 296. The Morgan fingerprint density at radius 3 is 2.59 bits per heavy atom. The van der Waals surface area contributed by atoms with E-state index in [2.05, 4.69) is 10.3 Å². The maximum Gasteiger partial charge on any atom is 0.158 e. The summed E-state index contributed by atoms with van der Waals surface area (Å²) in [6.45, 7) is 6.96. The summed E-state index contributed by atoms with van der Waals surface area (Å²) in [5.41, 5.74) is 0. The lowest BCUT2D eigenvalue weighted by Crippen LogP contribution is -2.25. The predicted molar refractivity (Wildman–Crippen MR) is 66.6 cm³/mol. The van der Waals surface area contributed by atoms with E-state index in [0.717, 1.165) is 25.3 Å². The number of rotatable bonds is 9. The fourth-order valence-corrected chi connectivity index (χ4v) is 1.57. The molecule has 0 amide bonds. The molecule has 98 valence electrons. The monoisotopic (exact) mass is 241 g/mol. The van der Waals surface area contributed by atoms with Gasteiger partial charge < -0.3 is 19.4 Å². The van der Waals surface area contributed by atoms with Crippen LogP contribution in [0, 0.1) is 0 Å². The number of nitrogens with one attached hydrogen (secondary N) is 1. The number of hydrogen-bond donors (Lipinski definition) is 1. The van der Waals surface area contributed by atoms with E-state index in [1.54, 1.807) is 6.20 Å². The van der Waals surface area contributed by atoms with Crippen LogP contribution in [0.5, 0.6) is 0 Å². The van der Waals surface area contributed by atoms with Crippen LogP contribution in [0.4, 0.5) is 0 Å². The van der Waals surface area contributed by atoms with Gasteiger partial charge in [-0.25, -0.2) is 4.98 Å². The largest absolute Gasteiger partial charge is 0.353 e. The van der Waals surface area contributed by atoms with Crippen molar-refractivity contribution in [3.05, 3.63) is 18.2 Å². The first kappa shape index (κ1) is 14.2. The second-order valence-electron chi connectivity index (χ2n) is 3.76. The molecule has 0 radical (unpaired) electrons. The van der Waals surface area contributed by atoms with Gasteiger partial charge in [0.05, 0.1) is 6.54 Å². The minimum atomic E-state index is -0.0983. The van der Waals surface area contributed by atoms with E-state index in [9.17, 15) is 0 Å². The van der Waals surface area contributed by atoms with E-state index < -0.39 is 0 Å². The van der Waals surface area contributed by atoms with Crippen molar-refractivity contribution in [1.82, 2.24) is 14.9 Å². The van der Waals surface area contributed by atoms with Crippen LogP contribution in [0.3, 0.4) is 0 Å². The molecular formula is C12H23N3O2. The molecule has 1 heterocycles. The number of ether oxygens (including phenoxy) is 2. The van der Waals surface area contributed by atoms with Crippen LogP contribution in [0.1, 0.15) is 26.1 Å². The summed E-state index contributed by atoms with van der Waals surface area (Å²) < 4.78 is 12.9. The first-order valence-electron chi connectivity index (χ1n) is 6.18. The molecule has 0 aliphatic rings. The molecule has 0 bridgehead atoms. The zero-order chi connectivity index (χ0) is 12.5. The van der Waals surface area contributed by atoms with Crippen molar-refractivity contribution >= 4 is 0 Å². The molecule has 0 fully saturated rings. The highest BCUT2D eigenvalue weighted by Gasteiger charge is 2.07. The molecule has 5 heteroatoms. The highest BCUT2D eigenvalue weighted by atomic mass is 16.7. The number of hydrogen-bond acceptors (Lipinski definition) is 4. The lowest BCUT2D eigenvalue weighted by atomic mass is 10.4. The number of aromatic nitrogens is 2. The van der Waals surface area contributed by atoms with Gasteiger partial charge in [0.25, 0.3) is 0 Å². The van der Waals surface area contributed by atoms with Crippen molar-refractivity contribution in [1.29, 1.82) is 0 Å². The molecule has 0 aliphatic carbocycles. The number of nitrogens with zero attached hydrogens (tertiary/aromatic N) is 2.